The van der Waals surface area contributed by atoms with Gasteiger partial charge in [0.2, 0.25) is 0 Å². The van der Waals surface area contributed by atoms with E-state index in [1.165, 1.54) is 0 Å². The molecule has 0 aliphatic heterocycles. The van der Waals surface area contributed by atoms with E-state index in [-0.39, 0.29) is 54.4 Å². The number of hydrogen-bond acceptors (Lipinski definition) is 0. The summed E-state index contributed by atoms with van der Waals surface area (Å²) in [5.41, 5.74) is 0. The summed E-state index contributed by atoms with van der Waals surface area (Å²) in [6.45, 7) is 18.0. The summed E-state index contributed by atoms with van der Waals surface area (Å²) in [6, 6.07) is 0. The molecule has 0 aliphatic rings. The van der Waals surface area contributed by atoms with Crippen LogP contribution >= 0.6 is 0 Å². The van der Waals surface area contributed by atoms with Crippen molar-refractivity contribution in [3.05, 3.63) is 26.6 Å². The van der Waals surface area contributed by atoms with E-state index in [2.05, 4.69) is 26.6 Å². The van der Waals surface area contributed by atoms with Gasteiger partial charge in [0.15, 0.2) is 0 Å². The van der Waals surface area contributed by atoms with Crippen molar-refractivity contribution in [3.8, 4) is 0 Å². The minimum Gasteiger partial charge on any atom is 0 e. The minimum absolute atomic E-state index is 0. The molecule has 1 radical (unpaired) electrons. The molecule has 0 atom stereocenters. The monoisotopic (exact) mass is 457 g/mol. The Hall–Kier alpha value is 0.582. The molecule has 11 heavy (non-hydrogen) atoms. The average Bonchev–Trinajstić information content (AvgIpc) is 2.03. The Morgan fingerprint density at radius 3 is 0.455 bits per heavy atom. The van der Waals surface area contributed by atoms with E-state index >= 15 is 0 Å². The first-order valence-corrected chi connectivity index (χ1v) is 0.816. The van der Waals surface area contributed by atoms with E-state index in [1.807, 2.05) is 0 Å². The van der Waals surface area contributed by atoms with Crippen LogP contribution in [0.15, 0.2) is 0 Å². The van der Waals surface area contributed by atoms with Gasteiger partial charge in [-0.05, 0) is 0 Å². The van der Waals surface area contributed by atoms with Crippen LogP contribution in [0.3, 0.4) is 0 Å². The van der Waals surface area contributed by atoms with Crippen LogP contribution in [0, 0.1) is 26.6 Å². The molecule has 0 saturated heterocycles. The van der Waals surface area contributed by atoms with Crippen LogP contribution in [0.4, 0.5) is 0 Å². The van der Waals surface area contributed by atoms with Gasteiger partial charge in [0, 0.05) is 20.4 Å². The SMILES string of the molecule is [Br-].[Br-].[C-]#[O+].[C-]#[O+].[C-]#[O+].[C-]#[O+].[Re]. The second-order valence-corrected chi connectivity index (χ2v) is 0. The Labute approximate surface area is 99.2 Å². The van der Waals surface area contributed by atoms with Crippen LogP contribution in [0.5, 0.6) is 0 Å². The Kier molecular flexibility index (Phi) is 16100. The first-order valence-electron chi connectivity index (χ1n) is 0.816. The fourth-order valence-electron chi connectivity index (χ4n) is 0. The molecule has 0 rings (SSSR count). The van der Waals surface area contributed by atoms with Crippen molar-refractivity contribution >= 4 is 0 Å². The van der Waals surface area contributed by atoms with Crippen molar-refractivity contribution in [2.45, 2.75) is 0 Å². The molecule has 0 aliphatic carbocycles. The van der Waals surface area contributed by atoms with Crippen LogP contribution in [-0.2, 0) is 39.0 Å². The molecule has 0 bridgehead atoms. The van der Waals surface area contributed by atoms with Gasteiger partial charge in [0.1, 0.15) is 0 Å². The summed E-state index contributed by atoms with van der Waals surface area (Å²) in [6.07, 6.45) is 0. The van der Waals surface area contributed by atoms with Crippen molar-refractivity contribution in [1.29, 1.82) is 0 Å². The van der Waals surface area contributed by atoms with E-state index in [0.717, 1.165) is 0 Å². The molecule has 0 aromatic heterocycles. The molecule has 0 aromatic carbocycles. The third-order valence-electron chi connectivity index (χ3n) is 0. The van der Waals surface area contributed by atoms with Gasteiger partial charge in [-0.1, -0.05) is 0 Å². The van der Waals surface area contributed by atoms with Gasteiger partial charge in [0.25, 0.3) is 0 Å². The Morgan fingerprint density at radius 2 is 0.455 bits per heavy atom. The second-order valence-electron chi connectivity index (χ2n) is 0. The van der Waals surface area contributed by atoms with Crippen LogP contribution in [0.2, 0.25) is 0 Å². The summed E-state index contributed by atoms with van der Waals surface area (Å²) in [5.74, 6) is 0. The maximum Gasteiger partial charge on any atom is 0 e. The van der Waals surface area contributed by atoms with Crippen LogP contribution in [-0.4, -0.2) is 0 Å². The fourth-order valence-corrected chi connectivity index (χ4v) is 0. The molecule has 0 heterocycles. The van der Waals surface area contributed by atoms with E-state index < -0.39 is 0 Å². The topological polar surface area (TPSA) is 79.6 Å². The second kappa shape index (κ2) is 2870. The van der Waals surface area contributed by atoms with E-state index in [0.29, 0.717) is 0 Å². The zero-order valence-corrected chi connectivity index (χ0v) is 10.7. The normalized spacial score (nSPS) is 0.727. The van der Waals surface area contributed by atoms with Gasteiger partial charge >= 0.3 is 45.2 Å². The minimum atomic E-state index is 0. The summed E-state index contributed by atoms with van der Waals surface area (Å²) in [5, 5.41) is 0. The van der Waals surface area contributed by atoms with Crippen molar-refractivity contribution in [2.24, 2.45) is 0 Å². The molecule has 63 valence electrons. The number of hydrogen-bond donors (Lipinski definition) is 0. The fraction of sp³-hybridized carbons (Fsp3) is 0. The molecular weight excluding hydrogens is 458 g/mol. The number of halogens is 2. The van der Waals surface area contributed by atoms with Gasteiger partial charge in [-0.3, -0.25) is 0 Å². The zero-order chi connectivity index (χ0) is 8.00. The Bertz CT molecular complexity index is 63.1. The molecule has 0 N–H and O–H groups in total. The summed E-state index contributed by atoms with van der Waals surface area (Å²) < 4.78 is 30.0. The van der Waals surface area contributed by atoms with Crippen molar-refractivity contribution < 1.29 is 73.0 Å². The molecule has 0 amide bonds. The van der Waals surface area contributed by atoms with Gasteiger partial charge in [-0.25, -0.2) is 0 Å². The number of rotatable bonds is 0. The van der Waals surface area contributed by atoms with Gasteiger partial charge in [-0.2, -0.15) is 0 Å². The quantitative estimate of drug-likeness (QED) is 0.256. The standard InChI is InChI=1S/4CO.2BrH.Re/c4*1-2;;;/h;;;;2*1H;/p-2. The van der Waals surface area contributed by atoms with E-state index in [9.17, 15) is 0 Å². The molecule has 0 saturated carbocycles. The molecule has 0 fully saturated rings. The molecule has 0 aromatic rings. The third-order valence-corrected chi connectivity index (χ3v) is 0. The molecule has 0 unspecified atom stereocenters. The predicted octanol–water partition coefficient (Wildman–Crippen LogP) is -6.14. The van der Waals surface area contributed by atoms with Crippen LogP contribution in [0.25, 0.3) is 0 Å². The van der Waals surface area contributed by atoms with Gasteiger partial charge in [-0.15, -0.1) is 0 Å². The van der Waals surface area contributed by atoms with Crippen LogP contribution in [0.1, 0.15) is 0 Å². The average molecular weight is 458 g/mol. The molecule has 4 nitrogen and oxygen atoms in total. The summed E-state index contributed by atoms with van der Waals surface area (Å²) in [7, 11) is 0. The zero-order valence-electron chi connectivity index (χ0n) is 4.77. The van der Waals surface area contributed by atoms with E-state index in [4.69, 9.17) is 18.6 Å². The van der Waals surface area contributed by atoms with Crippen molar-refractivity contribution in [3.63, 3.8) is 0 Å². The van der Waals surface area contributed by atoms with Gasteiger partial charge in [0.05, 0.1) is 0 Å². The maximum absolute atomic E-state index is 7.50. The smallest absolute Gasteiger partial charge is 0 e. The first-order chi connectivity index (χ1) is 4.00. The Morgan fingerprint density at radius 1 is 0.455 bits per heavy atom. The first kappa shape index (κ1) is 61.8. The molecular formula is C4Br2O4Re-2. The van der Waals surface area contributed by atoms with Crippen molar-refractivity contribution in [2.75, 3.05) is 0 Å². The van der Waals surface area contributed by atoms with Gasteiger partial charge < -0.3 is 34.0 Å². The predicted molar refractivity (Wildman–Crippen MR) is 15.7 cm³/mol. The summed E-state index contributed by atoms with van der Waals surface area (Å²) in [4.78, 5) is 0. The largest absolute Gasteiger partial charge is 0 e. The molecule has 0 spiro atoms. The van der Waals surface area contributed by atoms with Crippen molar-refractivity contribution in [1.82, 2.24) is 0 Å². The van der Waals surface area contributed by atoms with E-state index in [1.54, 1.807) is 0 Å². The summed E-state index contributed by atoms with van der Waals surface area (Å²) >= 11 is 0. The third kappa shape index (κ3) is 2300. The van der Waals surface area contributed by atoms with Crippen LogP contribution < -0.4 is 34.0 Å². The maximum atomic E-state index is 7.50. The Balaban J connectivity index is -0.00000000356. The molecule has 7 heteroatoms.